The lowest BCUT2D eigenvalue weighted by atomic mass is 9.80. The van der Waals surface area contributed by atoms with Gasteiger partial charge in [0.15, 0.2) is 11.7 Å². The van der Waals surface area contributed by atoms with E-state index in [9.17, 15) is 9.59 Å². The van der Waals surface area contributed by atoms with Crippen LogP contribution in [0.1, 0.15) is 162 Å². The minimum Gasteiger partial charge on any atom is -0.481 e. The summed E-state index contributed by atoms with van der Waals surface area (Å²) in [5.41, 5.74) is -1.31. The number of carbonyl (C=O) groups is 2. The highest BCUT2D eigenvalue weighted by atomic mass is 16.6. The molecular weight excluding hydrogens is 594 g/mol. The molecule has 266 valence electrons. The van der Waals surface area contributed by atoms with Crippen LogP contribution in [0.5, 0.6) is 0 Å². The van der Waals surface area contributed by atoms with Gasteiger partial charge in [-0.3, -0.25) is 9.59 Å². The zero-order valence-corrected chi connectivity index (χ0v) is 29.4. The first-order valence-corrected chi connectivity index (χ1v) is 19.4. The van der Waals surface area contributed by atoms with Crippen LogP contribution >= 0.6 is 0 Å². The molecule has 2 spiro atoms. The predicted molar refractivity (Wildman–Crippen MR) is 184 cm³/mol. The molecule has 7 atom stereocenters. The normalized spacial score (nSPS) is 32.9. The van der Waals surface area contributed by atoms with E-state index in [2.05, 4.69) is 36.2 Å². The maximum atomic E-state index is 13.9. The first-order chi connectivity index (χ1) is 22.8. The molecule has 5 heterocycles. The number of carbonyl (C=O) groups excluding carboxylic acids is 1. The van der Waals surface area contributed by atoms with Crippen LogP contribution in [0.3, 0.4) is 0 Å². The molecule has 5 aliphatic heterocycles. The standard InChI is InChI=1S/C38H63N3O6/c1-3-31-21-16-17-25-37(47-31)28-30-23-24-32-34(38(26-19-20-29(2)46-38)40-36(39-37)41(30)32)35(44)45-27-18-14-12-10-8-6-4-5-7-9-11-13-15-22-33(42)43/h16,21,29-32,34H,3-15,17-20,22-28H2,1-2H3,(H,39,40)(H,42,43)/t29-,30+,31+,32-,34-,37+,38-/m0/s1. The number of carboxylic acid groups (broad SMARTS) is 1. The first-order valence-electron chi connectivity index (χ1n) is 19.4. The molecule has 0 unspecified atom stereocenters. The van der Waals surface area contributed by atoms with Gasteiger partial charge in [0.1, 0.15) is 11.6 Å². The van der Waals surface area contributed by atoms with Gasteiger partial charge in [0.25, 0.3) is 0 Å². The monoisotopic (exact) mass is 657 g/mol. The molecule has 2 N–H and O–H groups in total. The van der Waals surface area contributed by atoms with Crippen molar-refractivity contribution >= 4 is 17.9 Å². The van der Waals surface area contributed by atoms with Gasteiger partial charge in [0.2, 0.25) is 0 Å². The number of rotatable bonds is 18. The summed E-state index contributed by atoms with van der Waals surface area (Å²) < 4.78 is 19.5. The molecule has 0 amide bonds. The summed E-state index contributed by atoms with van der Waals surface area (Å²) in [5.74, 6) is -0.345. The van der Waals surface area contributed by atoms with Gasteiger partial charge >= 0.3 is 11.9 Å². The molecule has 0 aromatic heterocycles. The van der Waals surface area contributed by atoms with Gasteiger partial charge in [-0.05, 0) is 71.1 Å². The van der Waals surface area contributed by atoms with Crippen molar-refractivity contribution < 1.29 is 28.9 Å². The smallest absolute Gasteiger partial charge is 0.316 e. The lowest BCUT2D eigenvalue weighted by Crippen LogP contribution is -2.71. The summed E-state index contributed by atoms with van der Waals surface area (Å²) in [6.07, 6.45) is 28.5. The van der Waals surface area contributed by atoms with Crippen molar-refractivity contribution in [1.82, 2.24) is 10.2 Å². The molecule has 9 heteroatoms. The van der Waals surface area contributed by atoms with E-state index in [1.807, 2.05) is 0 Å². The molecule has 0 saturated carbocycles. The Morgan fingerprint density at radius 3 is 2.30 bits per heavy atom. The van der Waals surface area contributed by atoms with Crippen LogP contribution in [0.15, 0.2) is 17.1 Å². The number of aliphatic carboxylic acids is 1. The van der Waals surface area contributed by atoms with Crippen LogP contribution in [0.4, 0.5) is 0 Å². The third-order valence-corrected chi connectivity index (χ3v) is 11.3. The summed E-state index contributed by atoms with van der Waals surface area (Å²) in [6.45, 7) is 4.76. The van der Waals surface area contributed by atoms with Crippen LogP contribution in [0, 0.1) is 5.92 Å². The van der Waals surface area contributed by atoms with E-state index in [0.29, 0.717) is 19.1 Å². The van der Waals surface area contributed by atoms with Crippen molar-refractivity contribution in [2.75, 3.05) is 6.61 Å². The van der Waals surface area contributed by atoms with Gasteiger partial charge in [0, 0.05) is 18.9 Å². The fourth-order valence-electron chi connectivity index (χ4n) is 8.87. The average Bonchev–Trinajstić information content (AvgIpc) is 3.34. The van der Waals surface area contributed by atoms with E-state index in [1.54, 1.807) is 0 Å². The molecule has 5 rings (SSSR count). The van der Waals surface area contributed by atoms with Gasteiger partial charge < -0.3 is 29.5 Å². The number of hydrogen-bond acceptors (Lipinski definition) is 8. The van der Waals surface area contributed by atoms with E-state index in [0.717, 1.165) is 95.9 Å². The molecule has 0 bridgehead atoms. The van der Waals surface area contributed by atoms with Crippen molar-refractivity contribution in [2.24, 2.45) is 10.9 Å². The van der Waals surface area contributed by atoms with Crippen molar-refractivity contribution in [3.8, 4) is 0 Å². The number of carboxylic acids is 1. The zero-order valence-electron chi connectivity index (χ0n) is 29.4. The highest BCUT2D eigenvalue weighted by Gasteiger charge is 2.62. The first kappa shape index (κ1) is 36.2. The molecule has 0 radical (unpaired) electrons. The summed E-state index contributed by atoms with van der Waals surface area (Å²) >= 11 is 0. The highest BCUT2D eigenvalue weighted by molar-refractivity contribution is 5.87. The Bertz CT molecular complexity index is 1080. The molecule has 5 aliphatic rings. The summed E-state index contributed by atoms with van der Waals surface area (Å²) in [4.78, 5) is 32.3. The fourth-order valence-corrected chi connectivity index (χ4v) is 8.87. The second kappa shape index (κ2) is 17.5. The summed E-state index contributed by atoms with van der Waals surface area (Å²) in [6, 6.07) is 0.345. The number of hydrogen-bond donors (Lipinski definition) is 2. The topological polar surface area (TPSA) is 110 Å². The van der Waals surface area contributed by atoms with Crippen LogP contribution in [-0.2, 0) is 23.8 Å². The van der Waals surface area contributed by atoms with Gasteiger partial charge in [-0.15, -0.1) is 0 Å². The largest absolute Gasteiger partial charge is 0.481 e. The van der Waals surface area contributed by atoms with E-state index >= 15 is 0 Å². The predicted octanol–water partition coefficient (Wildman–Crippen LogP) is 8.01. The Morgan fingerprint density at radius 2 is 1.64 bits per heavy atom. The number of nitrogens with zero attached hydrogens (tertiary/aromatic N) is 2. The Labute approximate surface area is 283 Å². The van der Waals surface area contributed by atoms with Crippen LogP contribution < -0.4 is 5.32 Å². The molecule has 0 aromatic carbocycles. The molecule has 9 nitrogen and oxygen atoms in total. The molecule has 3 saturated heterocycles. The molecule has 47 heavy (non-hydrogen) atoms. The van der Waals surface area contributed by atoms with Gasteiger partial charge in [-0.2, -0.15) is 0 Å². The minimum absolute atomic E-state index is 0.0398. The van der Waals surface area contributed by atoms with Gasteiger partial charge in [-0.1, -0.05) is 89.7 Å². The number of nitrogens with one attached hydrogen (secondary N) is 1. The van der Waals surface area contributed by atoms with E-state index in [1.165, 1.54) is 51.4 Å². The highest BCUT2D eigenvalue weighted by Crippen LogP contribution is 2.50. The maximum absolute atomic E-state index is 13.9. The van der Waals surface area contributed by atoms with Crippen molar-refractivity contribution in [3.05, 3.63) is 12.2 Å². The Hall–Kier alpha value is -2.13. The summed E-state index contributed by atoms with van der Waals surface area (Å²) in [5, 5.41) is 12.5. The zero-order chi connectivity index (χ0) is 33.1. The average molecular weight is 658 g/mol. The quantitative estimate of drug-likeness (QED) is 0.0867. The number of aliphatic imine (C=N–C) groups is 1. The second-order valence-corrected chi connectivity index (χ2v) is 15.0. The van der Waals surface area contributed by atoms with Crippen molar-refractivity contribution in [1.29, 1.82) is 0 Å². The lowest BCUT2D eigenvalue weighted by molar-refractivity contribution is -0.194. The van der Waals surface area contributed by atoms with Crippen LogP contribution in [-0.4, -0.2) is 70.3 Å². The lowest BCUT2D eigenvalue weighted by Gasteiger charge is -2.55. The SMILES string of the molecule is CC[C@@H]1C=CCC[C@]2(C[C@H]3CC[C@H]4[C@@H](C(=O)OCCCCCCCCCCCCCCCC(=O)O)[C@@]5(CCC[C@H](C)O5)N=C(N2)N34)O1. The fraction of sp³-hybridized carbons (Fsp3) is 0.868. The number of guanidine groups is 1. The Morgan fingerprint density at radius 1 is 0.957 bits per heavy atom. The van der Waals surface area contributed by atoms with Gasteiger partial charge in [0.05, 0.1) is 24.9 Å². The number of esters is 1. The van der Waals surface area contributed by atoms with Crippen LogP contribution in [0.25, 0.3) is 0 Å². The molecular formula is C38H63N3O6. The minimum atomic E-state index is -0.876. The second-order valence-electron chi connectivity index (χ2n) is 15.0. The van der Waals surface area contributed by atoms with Crippen molar-refractivity contribution in [3.63, 3.8) is 0 Å². The number of ether oxygens (including phenoxy) is 3. The Balaban J connectivity index is 1.06. The van der Waals surface area contributed by atoms with Gasteiger partial charge in [-0.25, -0.2) is 4.99 Å². The number of unbranched alkanes of at least 4 members (excludes halogenated alkanes) is 12. The van der Waals surface area contributed by atoms with E-state index < -0.39 is 23.3 Å². The number of allylic oxidation sites excluding steroid dienone is 1. The molecule has 0 aromatic rings. The molecule has 0 aliphatic carbocycles. The van der Waals surface area contributed by atoms with Crippen LogP contribution in [0.2, 0.25) is 0 Å². The van der Waals surface area contributed by atoms with E-state index in [4.69, 9.17) is 24.3 Å². The summed E-state index contributed by atoms with van der Waals surface area (Å²) in [7, 11) is 0. The molecule has 3 fully saturated rings. The Kier molecular flexibility index (Phi) is 13.5. The third kappa shape index (κ3) is 9.52. The third-order valence-electron chi connectivity index (χ3n) is 11.3. The maximum Gasteiger partial charge on any atom is 0.316 e. The van der Waals surface area contributed by atoms with Crippen molar-refractivity contribution in [2.45, 2.75) is 197 Å². The van der Waals surface area contributed by atoms with E-state index in [-0.39, 0.29) is 24.2 Å².